The van der Waals surface area contributed by atoms with E-state index in [0.717, 1.165) is 44.7 Å². The van der Waals surface area contributed by atoms with Crippen LogP contribution in [-0.4, -0.2) is 36.2 Å². The van der Waals surface area contributed by atoms with Crippen LogP contribution in [-0.2, 0) is 0 Å². The fraction of sp³-hybridized carbons (Fsp3) is 0. The summed E-state index contributed by atoms with van der Waals surface area (Å²) in [6.45, 7) is 0. The number of carbonyl (C=O) groups is 1. The standard InChI is InChI=1S/C32H21FN6O2/c33-22-8-20(10-24(40)12-22)27-16-35-17-30-25(27)13-29(37-30)31-26-11-19(6-7-28(26)38-39-31)21-9-23(15-34-14-21)36-32(41)18-4-2-1-3-5-18/h1-17,37,40H,(H,36,41)(H,38,39). The molecule has 41 heavy (non-hydrogen) atoms. The van der Waals surface area contributed by atoms with Crippen LogP contribution in [0.25, 0.3) is 55.4 Å². The summed E-state index contributed by atoms with van der Waals surface area (Å²) in [5.74, 6) is -0.896. The lowest BCUT2D eigenvalue weighted by molar-refractivity contribution is 0.102. The average Bonchev–Trinajstić information content (AvgIpc) is 3.61. The molecular weight excluding hydrogens is 519 g/mol. The van der Waals surface area contributed by atoms with Crippen LogP contribution in [0.15, 0.2) is 104 Å². The molecule has 7 rings (SSSR count). The van der Waals surface area contributed by atoms with Crippen molar-refractivity contribution in [2.75, 3.05) is 5.32 Å². The molecule has 1 amide bonds. The van der Waals surface area contributed by atoms with E-state index in [2.05, 4.69) is 30.5 Å². The molecule has 0 unspecified atom stereocenters. The molecule has 7 aromatic rings. The number of fused-ring (bicyclic) bond motifs is 2. The molecule has 0 aliphatic rings. The number of aromatic hydroxyl groups is 1. The molecule has 9 heteroatoms. The van der Waals surface area contributed by atoms with Gasteiger partial charge in [-0.1, -0.05) is 24.3 Å². The Bertz CT molecular complexity index is 2060. The summed E-state index contributed by atoms with van der Waals surface area (Å²) in [5, 5.41) is 22.2. The van der Waals surface area contributed by atoms with Crippen LogP contribution in [0.2, 0.25) is 0 Å². The second kappa shape index (κ2) is 9.73. The highest BCUT2D eigenvalue weighted by Gasteiger charge is 2.16. The van der Waals surface area contributed by atoms with E-state index in [1.165, 1.54) is 12.1 Å². The number of phenols is 1. The van der Waals surface area contributed by atoms with Crippen LogP contribution in [0, 0.1) is 5.82 Å². The lowest BCUT2D eigenvalue weighted by atomic mass is 10.0. The number of nitrogens with zero attached hydrogens (tertiary/aromatic N) is 3. The third-order valence-corrected chi connectivity index (χ3v) is 6.92. The number of hydrogen-bond donors (Lipinski definition) is 4. The smallest absolute Gasteiger partial charge is 0.255 e. The minimum absolute atomic E-state index is 0.156. The second-order valence-electron chi connectivity index (χ2n) is 9.64. The van der Waals surface area contributed by atoms with Crippen LogP contribution >= 0.6 is 0 Å². The van der Waals surface area contributed by atoms with Crippen LogP contribution in [0.1, 0.15) is 10.4 Å². The number of amides is 1. The largest absolute Gasteiger partial charge is 0.508 e. The Labute approximate surface area is 232 Å². The summed E-state index contributed by atoms with van der Waals surface area (Å²) in [7, 11) is 0. The van der Waals surface area contributed by atoms with E-state index >= 15 is 0 Å². The Kier molecular flexibility index (Phi) is 5.75. The molecule has 3 aromatic carbocycles. The molecule has 0 saturated heterocycles. The lowest BCUT2D eigenvalue weighted by Crippen LogP contribution is -2.11. The zero-order valence-electron chi connectivity index (χ0n) is 21.4. The van der Waals surface area contributed by atoms with Crippen molar-refractivity contribution < 1.29 is 14.3 Å². The van der Waals surface area contributed by atoms with Gasteiger partial charge in [0.15, 0.2) is 0 Å². The van der Waals surface area contributed by atoms with E-state index in [9.17, 15) is 14.3 Å². The van der Waals surface area contributed by atoms with Crippen LogP contribution in [0.5, 0.6) is 5.75 Å². The summed E-state index contributed by atoms with van der Waals surface area (Å²) in [5.41, 5.74) is 7.13. The number of rotatable bonds is 5. The van der Waals surface area contributed by atoms with Gasteiger partial charge in [0.1, 0.15) is 17.3 Å². The Hall–Kier alpha value is -5.83. The van der Waals surface area contributed by atoms with Crippen LogP contribution in [0.3, 0.4) is 0 Å². The minimum atomic E-state index is -0.531. The van der Waals surface area contributed by atoms with Crippen molar-refractivity contribution in [3.8, 4) is 39.4 Å². The third-order valence-electron chi connectivity index (χ3n) is 6.92. The number of pyridine rings is 2. The number of hydrogen-bond acceptors (Lipinski definition) is 5. The highest BCUT2D eigenvalue weighted by Crippen LogP contribution is 2.36. The van der Waals surface area contributed by atoms with Gasteiger partial charge in [0.2, 0.25) is 0 Å². The zero-order chi connectivity index (χ0) is 27.9. The van der Waals surface area contributed by atoms with Gasteiger partial charge in [-0.25, -0.2) is 4.39 Å². The van der Waals surface area contributed by atoms with Crippen LogP contribution < -0.4 is 5.32 Å². The number of carbonyl (C=O) groups excluding carboxylic acids is 1. The predicted molar refractivity (Wildman–Crippen MR) is 156 cm³/mol. The molecule has 198 valence electrons. The van der Waals surface area contributed by atoms with Gasteiger partial charge in [0.05, 0.1) is 34.8 Å². The molecule has 0 aliphatic carbocycles. The van der Waals surface area contributed by atoms with Gasteiger partial charge in [-0.15, -0.1) is 0 Å². The van der Waals surface area contributed by atoms with Crippen molar-refractivity contribution in [2.24, 2.45) is 0 Å². The van der Waals surface area contributed by atoms with E-state index in [0.29, 0.717) is 28.1 Å². The van der Waals surface area contributed by atoms with Gasteiger partial charge in [-0.3, -0.25) is 19.9 Å². The molecule has 0 atom stereocenters. The topological polar surface area (TPSA) is 120 Å². The molecule has 0 radical (unpaired) electrons. The average molecular weight is 541 g/mol. The van der Waals surface area contributed by atoms with Crippen molar-refractivity contribution in [1.82, 2.24) is 25.1 Å². The first kappa shape index (κ1) is 24.2. The number of aromatic nitrogens is 5. The van der Waals surface area contributed by atoms with Gasteiger partial charge in [0, 0.05) is 45.9 Å². The molecule has 8 nitrogen and oxygen atoms in total. The maximum Gasteiger partial charge on any atom is 0.255 e. The summed E-state index contributed by atoms with van der Waals surface area (Å²) in [6.07, 6.45) is 6.70. The first-order chi connectivity index (χ1) is 20.0. The number of benzene rings is 3. The summed E-state index contributed by atoms with van der Waals surface area (Å²) < 4.78 is 14.0. The lowest BCUT2D eigenvalue weighted by Gasteiger charge is -2.08. The van der Waals surface area contributed by atoms with E-state index in [-0.39, 0.29) is 11.7 Å². The van der Waals surface area contributed by atoms with Crippen molar-refractivity contribution in [3.05, 3.63) is 115 Å². The maximum atomic E-state index is 14.0. The Morgan fingerprint density at radius 2 is 1.63 bits per heavy atom. The van der Waals surface area contributed by atoms with Gasteiger partial charge in [0.25, 0.3) is 5.91 Å². The highest BCUT2D eigenvalue weighted by molar-refractivity contribution is 6.05. The maximum absolute atomic E-state index is 14.0. The van der Waals surface area contributed by atoms with E-state index in [4.69, 9.17) is 0 Å². The van der Waals surface area contributed by atoms with Crippen molar-refractivity contribution in [1.29, 1.82) is 0 Å². The summed E-state index contributed by atoms with van der Waals surface area (Å²) in [4.78, 5) is 24.7. The highest BCUT2D eigenvalue weighted by atomic mass is 19.1. The minimum Gasteiger partial charge on any atom is -0.508 e. The normalized spacial score (nSPS) is 11.2. The summed E-state index contributed by atoms with van der Waals surface area (Å²) >= 11 is 0. The van der Waals surface area contributed by atoms with Crippen molar-refractivity contribution in [2.45, 2.75) is 0 Å². The quantitative estimate of drug-likeness (QED) is 0.189. The summed E-state index contributed by atoms with van der Waals surface area (Å²) in [6, 6.07) is 22.7. The molecule has 0 saturated carbocycles. The number of nitrogens with one attached hydrogen (secondary N) is 3. The molecule has 4 aromatic heterocycles. The fourth-order valence-electron chi connectivity index (χ4n) is 5.00. The van der Waals surface area contributed by atoms with Gasteiger partial charge in [-0.2, -0.15) is 5.10 Å². The fourth-order valence-corrected chi connectivity index (χ4v) is 5.00. The molecule has 4 heterocycles. The van der Waals surface area contributed by atoms with E-state index < -0.39 is 5.82 Å². The first-order valence-electron chi connectivity index (χ1n) is 12.8. The van der Waals surface area contributed by atoms with E-state index in [1.807, 2.05) is 48.5 Å². The van der Waals surface area contributed by atoms with Crippen molar-refractivity contribution in [3.63, 3.8) is 0 Å². The number of anilines is 1. The molecule has 0 bridgehead atoms. The molecular formula is C32H21FN6O2. The monoisotopic (exact) mass is 540 g/mol. The predicted octanol–water partition coefficient (Wildman–Crippen LogP) is 6.93. The Balaban J connectivity index is 1.25. The van der Waals surface area contributed by atoms with Gasteiger partial charge >= 0.3 is 0 Å². The number of halogens is 1. The first-order valence-corrected chi connectivity index (χ1v) is 12.8. The van der Waals surface area contributed by atoms with Gasteiger partial charge < -0.3 is 15.4 Å². The van der Waals surface area contributed by atoms with E-state index in [1.54, 1.807) is 36.9 Å². The zero-order valence-corrected chi connectivity index (χ0v) is 21.4. The Morgan fingerprint density at radius 3 is 2.49 bits per heavy atom. The Morgan fingerprint density at radius 1 is 0.780 bits per heavy atom. The van der Waals surface area contributed by atoms with Gasteiger partial charge in [-0.05, 0) is 59.7 Å². The molecule has 0 fully saturated rings. The van der Waals surface area contributed by atoms with Crippen LogP contribution in [0.4, 0.5) is 10.1 Å². The number of aromatic amines is 2. The second-order valence-corrected chi connectivity index (χ2v) is 9.64. The number of H-pyrrole nitrogens is 2. The number of phenolic OH excluding ortho intramolecular Hbond substituents is 1. The third kappa shape index (κ3) is 4.55. The molecule has 0 spiro atoms. The SMILES string of the molecule is O=C(Nc1cncc(-c2ccc3[nH]nc(-c4cc5c(-c6cc(O)cc(F)c6)cncc5[nH]4)c3c2)c1)c1ccccc1. The van der Waals surface area contributed by atoms with Crippen molar-refractivity contribution >= 4 is 33.4 Å². The molecule has 4 N–H and O–H groups in total. The molecule has 0 aliphatic heterocycles.